The minimum absolute atomic E-state index is 0.334. The third-order valence-electron chi connectivity index (χ3n) is 4.69. The third kappa shape index (κ3) is 4.43. The second kappa shape index (κ2) is 7.90. The predicted octanol–water partition coefficient (Wildman–Crippen LogP) is 3.87. The highest BCUT2D eigenvalue weighted by atomic mass is 19.4. The molecule has 0 atom stereocenters. The molecule has 142 valence electrons. The molecule has 0 saturated carbocycles. The second-order valence-corrected chi connectivity index (χ2v) is 6.23. The van der Waals surface area contributed by atoms with Gasteiger partial charge in [-0.05, 0) is 37.1 Å². The first-order valence-corrected chi connectivity index (χ1v) is 8.37. The summed E-state index contributed by atoms with van der Waals surface area (Å²) < 4.78 is 39.3. The number of carboxylic acid groups (broad SMARTS) is 1. The van der Waals surface area contributed by atoms with Crippen LogP contribution in [-0.2, 0) is 17.5 Å². The summed E-state index contributed by atoms with van der Waals surface area (Å²) in [5.74, 6) is -0.824. The molecule has 1 aromatic carbocycles. The van der Waals surface area contributed by atoms with Crippen molar-refractivity contribution in [3.8, 4) is 5.69 Å². The first-order chi connectivity index (χ1) is 12.2. The first kappa shape index (κ1) is 20.0. The van der Waals surface area contributed by atoms with Gasteiger partial charge in [0.2, 0.25) is 0 Å². The van der Waals surface area contributed by atoms with E-state index in [1.807, 2.05) is 13.8 Å². The Labute approximate surface area is 149 Å². The molecule has 0 radical (unpaired) electrons. The van der Waals surface area contributed by atoms with Gasteiger partial charge in [0.05, 0.1) is 22.9 Å². The lowest BCUT2D eigenvalue weighted by Gasteiger charge is -2.26. The van der Waals surface area contributed by atoms with Gasteiger partial charge >= 0.3 is 12.1 Å². The summed E-state index contributed by atoms with van der Waals surface area (Å²) in [7, 11) is 0. The topological polar surface area (TPSA) is 67.2 Å². The van der Waals surface area contributed by atoms with Crippen molar-refractivity contribution in [3.63, 3.8) is 0 Å². The minimum atomic E-state index is -4.37. The Hall–Kier alpha value is -2.35. The van der Waals surface area contributed by atoms with Crippen LogP contribution >= 0.6 is 0 Å². The molecule has 5 nitrogen and oxygen atoms in total. The molecule has 0 fully saturated rings. The van der Waals surface area contributed by atoms with Crippen molar-refractivity contribution in [2.45, 2.75) is 39.4 Å². The van der Waals surface area contributed by atoms with E-state index in [4.69, 9.17) is 0 Å². The van der Waals surface area contributed by atoms with Crippen molar-refractivity contribution in [2.24, 2.45) is 5.41 Å². The molecule has 26 heavy (non-hydrogen) atoms. The number of nitrogens with zero attached hydrogens (tertiary/aromatic N) is 2. The van der Waals surface area contributed by atoms with Crippen LogP contribution in [0.2, 0.25) is 0 Å². The highest BCUT2D eigenvalue weighted by molar-refractivity contribution is 5.74. The SMILES string of the molecule is CCC(CC)(CNCc1cnn(-c2ccc(C(F)(F)F)cc2)c1)C(=O)O. The van der Waals surface area contributed by atoms with Crippen LogP contribution in [0.3, 0.4) is 0 Å². The molecule has 0 spiro atoms. The van der Waals surface area contributed by atoms with Gasteiger partial charge in [-0.3, -0.25) is 4.79 Å². The van der Waals surface area contributed by atoms with Crippen molar-refractivity contribution in [1.29, 1.82) is 0 Å². The number of alkyl halides is 3. The number of rotatable bonds is 8. The molecular weight excluding hydrogens is 347 g/mol. The van der Waals surface area contributed by atoms with Gasteiger partial charge in [0.25, 0.3) is 0 Å². The van der Waals surface area contributed by atoms with Gasteiger partial charge in [0.1, 0.15) is 0 Å². The van der Waals surface area contributed by atoms with Crippen molar-refractivity contribution in [1.82, 2.24) is 15.1 Å². The van der Waals surface area contributed by atoms with Crippen LogP contribution in [-0.4, -0.2) is 27.4 Å². The number of aliphatic carboxylic acids is 1. The largest absolute Gasteiger partial charge is 0.481 e. The zero-order chi connectivity index (χ0) is 19.4. The number of nitrogens with one attached hydrogen (secondary N) is 1. The molecule has 0 unspecified atom stereocenters. The molecule has 1 heterocycles. The lowest BCUT2D eigenvalue weighted by Crippen LogP contribution is -2.39. The number of carboxylic acids is 1. The molecule has 2 rings (SSSR count). The first-order valence-electron chi connectivity index (χ1n) is 8.37. The standard InChI is InChI=1S/C18H22F3N3O2/c1-3-17(4-2,16(25)26)12-22-9-13-10-23-24(11-13)15-7-5-14(6-8-15)18(19,20)21/h5-8,10-11,22H,3-4,9,12H2,1-2H3,(H,25,26). The van der Waals surface area contributed by atoms with Crippen LogP contribution in [0.5, 0.6) is 0 Å². The summed E-state index contributed by atoms with van der Waals surface area (Å²) in [6.07, 6.45) is -0.0127. The number of carbonyl (C=O) groups is 1. The Bertz CT molecular complexity index is 735. The normalized spacial score (nSPS) is 12.3. The van der Waals surface area contributed by atoms with Gasteiger partial charge in [-0.25, -0.2) is 4.68 Å². The lowest BCUT2D eigenvalue weighted by molar-refractivity contribution is -0.149. The smallest absolute Gasteiger partial charge is 0.416 e. The van der Waals surface area contributed by atoms with E-state index in [1.54, 1.807) is 12.4 Å². The highest BCUT2D eigenvalue weighted by Gasteiger charge is 2.34. The van der Waals surface area contributed by atoms with Gasteiger partial charge in [0.15, 0.2) is 0 Å². The maximum atomic E-state index is 12.6. The van der Waals surface area contributed by atoms with E-state index in [9.17, 15) is 23.1 Å². The molecule has 0 bridgehead atoms. The van der Waals surface area contributed by atoms with Crippen LogP contribution < -0.4 is 5.32 Å². The van der Waals surface area contributed by atoms with E-state index in [0.717, 1.165) is 17.7 Å². The number of hydrogen-bond acceptors (Lipinski definition) is 3. The zero-order valence-corrected chi connectivity index (χ0v) is 14.7. The molecule has 0 saturated heterocycles. The molecule has 0 amide bonds. The lowest BCUT2D eigenvalue weighted by atomic mass is 9.82. The summed E-state index contributed by atoms with van der Waals surface area (Å²) in [5, 5.41) is 16.7. The Morgan fingerprint density at radius 1 is 1.19 bits per heavy atom. The van der Waals surface area contributed by atoms with Crippen LogP contribution in [0, 0.1) is 5.41 Å². The summed E-state index contributed by atoms with van der Waals surface area (Å²) in [6.45, 7) is 4.46. The van der Waals surface area contributed by atoms with Crippen molar-refractivity contribution in [3.05, 3.63) is 47.8 Å². The quantitative estimate of drug-likeness (QED) is 0.741. The van der Waals surface area contributed by atoms with E-state index in [1.165, 1.54) is 16.8 Å². The van der Waals surface area contributed by atoms with Gasteiger partial charge < -0.3 is 10.4 Å². The van der Waals surface area contributed by atoms with Crippen molar-refractivity contribution < 1.29 is 23.1 Å². The molecule has 0 aliphatic carbocycles. The molecule has 2 N–H and O–H groups in total. The van der Waals surface area contributed by atoms with E-state index < -0.39 is 23.1 Å². The Balaban J connectivity index is 2.01. The molecule has 0 aliphatic heterocycles. The third-order valence-corrected chi connectivity index (χ3v) is 4.69. The maximum absolute atomic E-state index is 12.6. The van der Waals surface area contributed by atoms with Crippen molar-refractivity contribution in [2.75, 3.05) is 6.54 Å². The second-order valence-electron chi connectivity index (χ2n) is 6.23. The van der Waals surface area contributed by atoms with Crippen LogP contribution in [0.1, 0.15) is 37.8 Å². The summed E-state index contributed by atoms with van der Waals surface area (Å²) in [5.41, 5.74) is -0.175. The van der Waals surface area contributed by atoms with E-state index >= 15 is 0 Å². The molecule has 2 aromatic rings. The van der Waals surface area contributed by atoms with E-state index in [2.05, 4.69) is 10.4 Å². The number of halogens is 3. The van der Waals surface area contributed by atoms with Crippen molar-refractivity contribution >= 4 is 5.97 Å². The zero-order valence-electron chi connectivity index (χ0n) is 14.7. The highest BCUT2D eigenvalue weighted by Crippen LogP contribution is 2.29. The average molecular weight is 369 g/mol. The number of benzene rings is 1. The molecule has 0 aliphatic rings. The Morgan fingerprint density at radius 2 is 1.81 bits per heavy atom. The maximum Gasteiger partial charge on any atom is 0.416 e. The summed E-state index contributed by atoms with van der Waals surface area (Å²) >= 11 is 0. The van der Waals surface area contributed by atoms with Crippen LogP contribution in [0.15, 0.2) is 36.7 Å². The summed E-state index contributed by atoms with van der Waals surface area (Å²) in [4.78, 5) is 11.5. The minimum Gasteiger partial charge on any atom is -0.481 e. The molecular formula is C18H22F3N3O2. The van der Waals surface area contributed by atoms with Gasteiger partial charge in [-0.15, -0.1) is 0 Å². The fourth-order valence-corrected chi connectivity index (χ4v) is 2.72. The molecule has 8 heteroatoms. The fraction of sp³-hybridized carbons (Fsp3) is 0.444. The predicted molar refractivity (Wildman–Crippen MR) is 90.9 cm³/mol. The average Bonchev–Trinajstić information content (AvgIpc) is 3.07. The van der Waals surface area contributed by atoms with E-state index in [0.29, 0.717) is 31.6 Å². The Morgan fingerprint density at radius 3 is 2.31 bits per heavy atom. The Kier molecular flexibility index (Phi) is 6.07. The van der Waals surface area contributed by atoms with Crippen LogP contribution in [0.25, 0.3) is 5.69 Å². The summed E-state index contributed by atoms with van der Waals surface area (Å²) in [6, 6.07) is 4.74. The monoisotopic (exact) mass is 369 g/mol. The van der Waals surface area contributed by atoms with E-state index in [-0.39, 0.29) is 0 Å². The van der Waals surface area contributed by atoms with Crippen LogP contribution in [0.4, 0.5) is 13.2 Å². The van der Waals surface area contributed by atoms with Gasteiger partial charge in [-0.1, -0.05) is 13.8 Å². The number of hydrogen-bond donors (Lipinski definition) is 2. The number of aromatic nitrogens is 2. The van der Waals surface area contributed by atoms with Gasteiger partial charge in [0, 0.05) is 24.8 Å². The molecule has 1 aromatic heterocycles. The van der Waals surface area contributed by atoms with Gasteiger partial charge in [-0.2, -0.15) is 18.3 Å². The fourth-order valence-electron chi connectivity index (χ4n) is 2.72.